The lowest BCUT2D eigenvalue weighted by atomic mass is 10.00. The summed E-state index contributed by atoms with van der Waals surface area (Å²) >= 11 is 3.68. The molecule has 0 atom stereocenters. The maximum Gasteiger partial charge on any atom is 0.0909 e. The van der Waals surface area contributed by atoms with Crippen LogP contribution in [-0.4, -0.2) is 4.98 Å². The third-order valence-electron chi connectivity index (χ3n) is 8.55. The third kappa shape index (κ3) is 4.41. The van der Waals surface area contributed by atoms with Gasteiger partial charge >= 0.3 is 0 Å². The Labute approximate surface area is 269 Å². The number of benzene rings is 6. The van der Waals surface area contributed by atoms with Gasteiger partial charge in [-0.25, -0.2) is 0 Å². The second-order valence-corrected chi connectivity index (χ2v) is 13.3. The molecule has 212 valence electrons. The van der Waals surface area contributed by atoms with Crippen LogP contribution >= 0.6 is 22.7 Å². The van der Waals surface area contributed by atoms with E-state index >= 15 is 0 Å². The predicted octanol–water partition coefficient (Wildman–Crippen LogP) is 12.6. The Hall–Kier alpha value is -5.29. The summed E-state index contributed by atoms with van der Waals surface area (Å²) < 4.78 is 5.03. The second kappa shape index (κ2) is 10.7. The molecule has 45 heavy (non-hydrogen) atoms. The van der Waals surface area contributed by atoms with E-state index in [1.54, 1.807) is 0 Å². The Kier molecular flexibility index (Phi) is 6.22. The highest BCUT2D eigenvalue weighted by Crippen LogP contribution is 2.48. The van der Waals surface area contributed by atoms with Crippen LogP contribution in [0.5, 0.6) is 0 Å². The molecule has 0 aliphatic rings. The molecule has 9 aromatic rings. The number of fused-ring (bicyclic) bond motifs is 6. The molecular formula is C41H26N2S2. The van der Waals surface area contributed by atoms with Gasteiger partial charge in [0.2, 0.25) is 0 Å². The van der Waals surface area contributed by atoms with Gasteiger partial charge in [0.05, 0.1) is 26.3 Å². The highest BCUT2D eigenvalue weighted by molar-refractivity contribution is 7.27. The van der Waals surface area contributed by atoms with Crippen LogP contribution in [0.2, 0.25) is 0 Å². The van der Waals surface area contributed by atoms with Crippen molar-refractivity contribution < 1.29 is 0 Å². The SMILES string of the molecule is c1ccc(-c2ccc(-c3ccc(N(c4cccc5c4sc4ccccc45)c4ccnc5c4sc4ccccc45)cc3)cc2)cc1. The zero-order valence-electron chi connectivity index (χ0n) is 24.2. The predicted molar refractivity (Wildman–Crippen MR) is 196 cm³/mol. The molecule has 0 aliphatic heterocycles. The van der Waals surface area contributed by atoms with Gasteiger partial charge in [0.1, 0.15) is 0 Å². The zero-order valence-corrected chi connectivity index (χ0v) is 25.9. The first-order valence-electron chi connectivity index (χ1n) is 15.0. The number of hydrogen-bond donors (Lipinski definition) is 0. The topological polar surface area (TPSA) is 16.1 Å². The molecule has 0 bridgehead atoms. The van der Waals surface area contributed by atoms with Crippen molar-refractivity contribution >= 4 is 80.2 Å². The van der Waals surface area contributed by atoms with Crippen LogP contribution < -0.4 is 4.90 Å². The maximum atomic E-state index is 4.87. The third-order valence-corrected chi connectivity index (χ3v) is 10.9. The summed E-state index contributed by atoms with van der Waals surface area (Å²) in [5.74, 6) is 0. The Bertz CT molecular complexity index is 2360. The van der Waals surface area contributed by atoms with Gasteiger partial charge in [-0.15, -0.1) is 22.7 Å². The molecule has 2 nitrogen and oxygen atoms in total. The van der Waals surface area contributed by atoms with E-state index in [1.807, 2.05) is 28.9 Å². The van der Waals surface area contributed by atoms with Gasteiger partial charge in [0.25, 0.3) is 0 Å². The van der Waals surface area contributed by atoms with Crippen molar-refractivity contribution in [3.05, 3.63) is 158 Å². The van der Waals surface area contributed by atoms with Crippen LogP contribution in [-0.2, 0) is 0 Å². The molecule has 6 aromatic carbocycles. The molecule has 0 fully saturated rings. The molecule has 0 spiro atoms. The average Bonchev–Trinajstić information content (AvgIpc) is 3.69. The van der Waals surface area contributed by atoms with Crippen molar-refractivity contribution in [2.45, 2.75) is 0 Å². The fourth-order valence-electron chi connectivity index (χ4n) is 6.37. The first kappa shape index (κ1) is 26.1. The quantitative estimate of drug-likeness (QED) is 0.193. The molecule has 0 radical (unpaired) electrons. The van der Waals surface area contributed by atoms with Crippen LogP contribution in [0.3, 0.4) is 0 Å². The van der Waals surface area contributed by atoms with Crippen molar-refractivity contribution in [2.75, 3.05) is 4.90 Å². The molecule has 3 heterocycles. The van der Waals surface area contributed by atoms with Crippen LogP contribution in [0.4, 0.5) is 17.1 Å². The number of pyridine rings is 1. The first-order valence-corrected chi connectivity index (χ1v) is 16.7. The van der Waals surface area contributed by atoms with Crippen molar-refractivity contribution in [3.63, 3.8) is 0 Å². The lowest BCUT2D eigenvalue weighted by Crippen LogP contribution is -2.10. The molecule has 0 amide bonds. The van der Waals surface area contributed by atoms with E-state index in [4.69, 9.17) is 4.98 Å². The van der Waals surface area contributed by atoms with E-state index in [-0.39, 0.29) is 0 Å². The van der Waals surface area contributed by atoms with Crippen molar-refractivity contribution in [1.29, 1.82) is 0 Å². The van der Waals surface area contributed by atoms with E-state index in [9.17, 15) is 0 Å². The molecule has 4 heteroatoms. The zero-order chi connectivity index (χ0) is 29.7. The summed E-state index contributed by atoms with van der Waals surface area (Å²) in [5.41, 5.74) is 9.35. The van der Waals surface area contributed by atoms with Gasteiger partial charge in [0, 0.05) is 37.4 Å². The molecule has 0 saturated carbocycles. The average molecular weight is 611 g/mol. The van der Waals surface area contributed by atoms with Gasteiger partial charge in [-0.2, -0.15) is 0 Å². The highest BCUT2D eigenvalue weighted by atomic mass is 32.1. The molecule has 3 aromatic heterocycles. The monoisotopic (exact) mass is 610 g/mol. The van der Waals surface area contributed by atoms with E-state index in [0.29, 0.717) is 0 Å². The standard InChI is InChI=1S/C41H26N2S2/c1-2-9-27(10-3-1)28-17-19-29(20-18-28)30-21-23-31(24-22-30)43(35-14-8-13-33-32-11-4-6-15-37(32)44-40(33)35)36-25-26-42-39-34-12-5-7-16-38(34)45-41(36)39/h1-26H. The number of aromatic nitrogens is 1. The number of hydrogen-bond acceptors (Lipinski definition) is 4. The molecule has 0 saturated heterocycles. The van der Waals surface area contributed by atoms with E-state index in [1.165, 1.54) is 62.9 Å². The van der Waals surface area contributed by atoms with Gasteiger partial charge in [-0.05, 0) is 58.7 Å². The van der Waals surface area contributed by atoms with E-state index in [0.717, 1.165) is 16.9 Å². The smallest absolute Gasteiger partial charge is 0.0909 e. The Morgan fingerprint density at radius 1 is 0.400 bits per heavy atom. The number of rotatable bonds is 5. The van der Waals surface area contributed by atoms with Crippen LogP contribution in [0.15, 0.2) is 158 Å². The summed E-state index contributed by atoms with van der Waals surface area (Å²) in [6, 6.07) is 54.6. The Balaban J connectivity index is 1.21. The van der Waals surface area contributed by atoms with Gasteiger partial charge < -0.3 is 4.90 Å². The molecule has 0 unspecified atom stereocenters. The van der Waals surface area contributed by atoms with Crippen LogP contribution in [0.25, 0.3) is 62.7 Å². The fourth-order valence-corrected chi connectivity index (χ4v) is 8.74. The van der Waals surface area contributed by atoms with Gasteiger partial charge in [-0.3, -0.25) is 4.98 Å². The molecule has 0 N–H and O–H groups in total. The first-order chi connectivity index (χ1) is 22.3. The number of thiophene rings is 2. The van der Waals surface area contributed by atoms with Crippen LogP contribution in [0.1, 0.15) is 0 Å². The summed E-state index contributed by atoms with van der Waals surface area (Å²) in [5, 5.41) is 3.79. The van der Waals surface area contributed by atoms with Crippen molar-refractivity contribution in [3.8, 4) is 22.3 Å². The minimum absolute atomic E-state index is 1.05. The van der Waals surface area contributed by atoms with Crippen molar-refractivity contribution in [1.82, 2.24) is 4.98 Å². The van der Waals surface area contributed by atoms with Crippen LogP contribution in [0, 0.1) is 0 Å². The number of nitrogens with zero attached hydrogens (tertiary/aromatic N) is 2. The summed E-state index contributed by atoms with van der Waals surface area (Å²) in [6.45, 7) is 0. The normalized spacial score (nSPS) is 11.6. The maximum absolute atomic E-state index is 4.87. The minimum Gasteiger partial charge on any atom is -0.307 e. The van der Waals surface area contributed by atoms with E-state index in [2.05, 4.69) is 157 Å². The minimum atomic E-state index is 1.05. The lowest BCUT2D eigenvalue weighted by Gasteiger charge is -2.26. The molecule has 9 rings (SSSR count). The second-order valence-electron chi connectivity index (χ2n) is 11.2. The number of anilines is 3. The highest BCUT2D eigenvalue weighted by Gasteiger charge is 2.21. The summed E-state index contributed by atoms with van der Waals surface area (Å²) in [4.78, 5) is 7.30. The Morgan fingerprint density at radius 3 is 1.67 bits per heavy atom. The lowest BCUT2D eigenvalue weighted by molar-refractivity contribution is 1.30. The molecule has 0 aliphatic carbocycles. The fraction of sp³-hybridized carbons (Fsp3) is 0. The molecular weight excluding hydrogens is 585 g/mol. The van der Waals surface area contributed by atoms with Gasteiger partial charge in [-0.1, -0.05) is 115 Å². The summed E-state index contributed by atoms with van der Waals surface area (Å²) in [6.07, 6.45) is 1.96. The Morgan fingerprint density at radius 2 is 0.933 bits per heavy atom. The van der Waals surface area contributed by atoms with E-state index < -0.39 is 0 Å². The summed E-state index contributed by atoms with van der Waals surface area (Å²) in [7, 11) is 0. The largest absolute Gasteiger partial charge is 0.307 e. The van der Waals surface area contributed by atoms with Gasteiger partial charge in [0.15, 0.2) is 0 Å². The van der Waals surface area contributed by atoms with Crippen molar-refractivity contribution in [2.24, 2.45) is 0 Å².